The van der Waals surface area contributed by atoms with Gasteiger partial charge in [0.2, 0.25) is 5.95 Å². The molecule has 1 aliphatic rings. The van der Waals surface area contributed by atoms with Gasteiger partial charge in [-0.1, -0.05) is 0 Å². The number of nitrogens with zero attached hydrogens (tertiary/aromatic N) is 3. The molecule has 1 aromatic heterocycles. The molecule has 0 aliphatic carbocycles. The number of nitrogens with two attached hydrogens (primary N) is 1. The highest BCUT2D eigenvalue weighted by Crippen LogP contribution is 2.16. The van der Waals surface area contributed by atoms with Gasteiger partial charge in [-0.15, -0.1) is 0 Å². The van der Waals surface area contributed by atoms with Crippen LogP contribution in [0, 0.1) is 0 Å². The quantitative estimate of drug-likeness (QED) is 0.824. The van der Waals surface area contributed by atoms with Crippen LogP contribution in [0.4, 0.5) is 5.95 Å². The molecule has 0 aromatic carbocycles. The van der Waals surface area contributed by atoms with Gasteiger partial charge >= 0.3 is 0 Å². The minimum absolute atomic E-state index is 0.327. The second-order valence-electron chi connectivity index (χ2n) is 4.27. The zero-order chi connectivity index (χ0) is 12.1. The first-order valence-electron chi connectivity index (χ1n) is 6.21. The second-order valence-corrected chi connectivity index (χ2v) is 4.27. The van der Waals surface area contributed by atoms with Crippen molar-refractivity contribution in [3.63, 3.8) is 0 Å². The van der Waals surface area contributed by atoms with E-state index >= 15 is 0 Å². The molecule has 1 aromatic rings. The van der Waals surface area contributed by atoms with Crippen molar-refractivity contribution in [2.75, 3.05) is 24.6 Å². The Labute approximate surface area is 102 Å². The third-order valence-electron chi connectivity index (χ3n) is 3.04. The lowest BCUT2D eigenvalue weighted by Gasteiger charge is -2.23. The van der Waals surface area contributed by atoms with Gasteiger partial charge in [0.25, 0.3) is 0 Å². The highest BCUT2D eigenvalue weighted by Gasteiger charge is 2.19. The van der Waals surface area contributed by atoms with Crippen molar-refractivity contribution in [3.8, 4) is 0 Å². The summed E-state index contributed by atoms with van der Waals surface area (Å²) in [5.41, 5.74) is 6.49. The summed E-state index contributed by atoms with van der Waals surface area (Å²) < 4.78 is 5.63. The second kappa shape index (κ2) is 5.93. The number of ether oxygens (including phenoxy) is 1. The molecule has 0 amide bonds. The van der Waals surface area contributed by atoms with Crippen LogP contribution in [0.2, 0.25) is 0 Å². The molecule has 0 saturated carbocycles. The predicted molar refractivity (Wildman–Crippen MR) is 66.8 cm³/mol. The molecule has 0 radical (unpaired) electrons. The molecule has 2 N–H and O–H groups in total. The van der Waals surface area contributed by atoms with Crippen LogP contribution in [-0.2, 0) is 11.3 Å². The van der Waals surface area contributed by atoms with E-state index in [-0.39, 0.29) is 0 Å². The van der Waals surface area contributed by atoms with Gasteiger partial charge in [0.1, 0.15) is 0 Å². The van der Waals surface area contributed by atoms with E-state index in [1.54, 1.807) is 12.4 Å². The molecule has 0 bridgehead atoms. The molecule has 2 heterocycles. The van der Waals surface area contributed by atoms with E-state index in [9.17, 15) is 0 Å². The highest BCUT2D eigenvalue weighted by molar-refractivity contribution is 5.29. The summed E-state index contributed by atoms with van der Waals surface area (Å²) in [5, 5.41) is 0. The van der Waals surface area contributed by atoms with Gasteiger partial charge in [-0.3, -0.25) is 0 Å². The molecule has 94 valence electrons. The Hall–Kier alpha value is -1.20. The van der Waals surface area contributed by atoms with Crippen molar-refractivity contribution >= 4 is 5.95 Å². The summed E-state index contributed by atoms with van der Waals surface area (Å²) in [4.78, 5) is 10.8. The van der Waals surface area contributed by atoms with Crippen molar-refractivity contribution in [1.82, 2.24) is 9.97 Å². The van der Waals surface area contributed by atoms with Crippen molar-refractivity contribution in [3.05, 3.63) is 18.0 Å². The van der Waals surface area contributed by atoms with Gasteiger partial charge < -0.3 is 15.4 Å². The molecule has 1 unspecified atom stereocenters. The van der Waals surface area contributed by atoms with E-state index in [2.05, 4.69) is 21.8 Å². The van der Waals surface area contributed by atoms with Crippen LogP contribution < -0.4 is 10.6 Å². The summed E-state index contributed by atoms with van der Waals surface area (Å²) in [6.07, 6.45) is 6.21. The number of rotatable bonds is 5. The molecule has 2 rings (SSSR count). The zero-order valence-electron chi connectivity index (χ0n) is 10.3. The highest BCUT2D eigenvalue weighted by atomic mass is 16.5. The van der Waals surface area contributed by atoms with E-state index in [1.807, 2.05) is 0 Å². The van der Waals surface area contributed by atoms with E-state index in [0.717, 1.165) is 44.0 Å². The van der Waals surface area contributed by atoms with Crippen LogP contribution in [0.3, 0.4) is 0 Å². The number of likely N-dealkylation sites (N-methyl/N-ethyl adjacent to an activating group) is 1. The van der Waals surface area contributed by atoms with Crippen LogP contribution >= 0.6 is 0 Å². The molecular formula is C12H20N4O. The summed E-state index contributed by atoms with van der Waals surface area (Å²) in [5.74, 6) is 0.764. The molecule has 5 heteroatoms. The lowest BCUT2D eigenvalue weighted by Crippen LogP contribution is -2.33. The Morgan fingerprint density at radius 2 is 2.24 bits per heavy atom. The summed E-state index contributed by atoms with van der Waals surface area (Å²) in [7, 11) is 0. The number of aromatic nitrogens is 2. The van der Waals surface area contributed by atoms with E-state index in [4.69, 9.17) is 10.5 Å². The molecule has 1 aliphatic heterocycles. The van der Waals surface area contributed by atoms with Crippen LogP contribution in [-0.4, -0.2) is 35.8 Å². The Morgan fingerprint density at radius 3 is 2.76 bits per heavy atom. The normalized spacial score (nSPS) is 19.5. The van der Waals surface area contributed by atoms with Gasteiger partial charge in [-0.25, -0.2) is 9.97 Å². The molecule has 17 heavy (non-hydrogen) atoms. The minimum Gasteiger partial charge on any atom is -0.376 e. The SMILES string of the molecule is CCN(CC1CCCO1)c1ncc(CN)cn1. The lowest BCUT2D eigenvalue weighted by atomic mass is 10.2. The average Bonchev–Trinajstić information content (AvgIpc) is 2.89. The summed E-state index contributed by atoms with van der Waals surface area (Å²) >= 11 is 0. The van der Waals surface area contributed by atoms with Gasteiger partial charge in [-0.2, -0.15) is 0 Å². The monoisotopic (exact) mass is 236 g/mol. The van der Waals surface area contributed by atoms with E-state index < -0.39 is 0 Å². The van der Waals surface area contributed by atoms with E-state index in [0.29, 0.717) is 12.6 Å². The molecule has 1 atom stereocenters. The summed E-state index contributed by atoms with van der Waals surface area (Å²) in [6.45, 7) is 5.24. The first kappa shape index (κ1) is 12.3. The molecular weight excluding hydrogens is 216 g/mol. The topological polar surface area (TPSA) is 64.3 Å². The van der Waals surface area contributed by atoms with Gasteiger partial charge in [0.15, 0.2) is 0 Å². The van der Waals surface area contributed by atoms with Gasteiger partial charge in [0, 0.05) is 44.2 Å². The van der Waals surface area contributed by atoms with Crippen molar-refractivity contribution in [2.24, 2.45) is 5.73 Å². The van der Waals surface area contributed by atoms with Crippen molar-refractivity contribution < 1.29 is 4.74 Å². The minimum atomic E-state index is 0.327. The standard InChI is InChI=1S/C12H20N4O/c1-2-16(9-11-4-3-5-17-11)12-14-7-10(6-13)8-15-12/h7-8,11H,2-6,9,13H2,1H3. The zero-order valence-corrected chi connectivity index (χ0v) is 10.3. The average molecular weight is 236 g/mol. The number of anilines is 1. The molecule has 1 fully saturated rings. The van der Waals surface area contributed by atoms with Gasteiger partial charge in [-0.05, 0) is 19.8 Å². The summed E-state index contributed by atoms with van der Waals surface area (Å²) in [6, 6.07) is 0. The predicted octanol–water partition coefficient (Wildman–Crippen LogP) is 0.941. The van der Waals surface area contributed by atoms with E-state index in [1.165, 1.54) is 0 Å². The Kier molecular flexibility index (Phi) is 4.28. The maximum Gasteiger partial charge on any atom is 0.225 e. The first-order valence-corrected chi connectivity index (χ1v) is 6.21. The fourth-order valence-electron chi connectivity index (χ4n) is 2.00. The fraction of sp³-hybridized carbons (Fsp3) is 0.667. The Morgan fingerprint density at radius 1 is 1.47 bits per heavy atom. The maximum absolute atomic E-state index is 5.63. The maximum atomic E-state index is 5.63. The molecule has 5 nitrogen and oxygen atoms in total. The number of hydrogen-bond acceptors (Lipinski definition) is 5. The van der Waals surface area contributed by atoms with Crippen LogP contribution in [0.5, 0.6) is 0 Å². The van der Waals surface area contributed by atoms with Crippen LogP contribution in [0.15, 0.2) is 12.4 Å². The third-order valence-corrected chi connectivity index (χ3v) is 3.04. The molecule has 0 spiro atoms. The van der Waals surface area contributed by atoms with Crippen molar-refractivity contribution in [1.29, 1.82) is 0 Å². The fourth-order valence-corrected chi connectivity index (χ4v) is 2.00. The van der Waals surface area contributed by atoms with Crippen LogP contribution in [0.1, 0.15) is 25.3 Å². The lowest BCUT2D eigenvalue weighted by molar-refractivity contribution is 0.115. The largest absolute Gasteiger partial charge is 0.376 e. The van der Waals surface area contributed by atoms with Crippen molar-refractivity contribution in [2.45, 2.75) is 32.4 Å². The van der Waals surface area contributed by atoms with Crippen LogP contribution in [0.25, 0.3) is 0 Å². The number of hydrogen-bond donors (Lipinski definition) is 1. The molecule has 1 saturated heterocycles. The smallest absolute Gasteiger partial charge is 0.225 e. The third kappa shape index (κ3) is 3.14. The first-order chi connectivity index (χ1) is 8.33. The van der Waals surface area contributed by atoms with Gasteiger partial charge in [0.05, 0.1) is 6.10 Å². The Bertz CT molecular complexity index is 335. The Balaban J connectivity index is 2.00.